The van der Waals surface area contributed by atoms with E-state index in [1.807, 2.05) is 12.3 Å². The van der Waals surface area contributed by atoms with Crippen LogP contribution in [0, 0.1) is 6.92 Å². The van der Waals surface area contributed by atoms with E-state index in [4.69, 9.17) is 0 Å². The van der Waals surface area contributed by atoms with E-state index in [1.54, 1.807) is 12.1 Å². The van der Waals surface area contributed by atoms with Gasteiger partial charge in [0.05, 0.1) is 6.61 Å². The lowest BCUT2D eigenvalue weighted by atomic mass is 9.92. The van der Waals surface area contributed by atoms with E-state index in [9.17, 15) is 13.9 Å². The van der Waals surface area contributed by atoms with Crippen LogP contribution in [0.3, 0.4) is 0 Å². The second-order valence-electron chi connectivity index (χ2n) is 5.97. The van der Waals surface area contributed by atoms with Gasteiger partial charge in [0.25, 0.3) is 0 Å². The van der Waals surface area contributed by atoms with Crippen molar-refractivity contribution in [2.45, 2.75) is 51.2 Å². The monoisotopic (exact) mass is 339 g/mol. The molecule has 0 spiro atoms. The zero-order valence-corrected chi connectivity index (χ0v) is 13.7. The van der Waals surface area contributed by atoms with Crippen molar-refractivity contribution < 1.29 is 13.9 Å². The quantitative estimate of drug-likeness (QED) is 0.884. The van der Waals surface area contributed by atoms with Gasteiger partial charge in [-0.3, -0.25) is 0 Å². The molecule has 124 valence electrons. The van der Waals surface area contributed by atoms with Crippen molar-refractivity contribution >= 4 is 17.2 Å². The Labute approximate surface area is 137 Å². The molecule has 0 bridgehead atoms. The molecule has 0 aliphatic heterocycles. The van der Waals surface area contributed by atoms with E-state index < -0.39 is 5.92 Å². The molecular formula is C16H19F2N3OS. The van der Waals surface area contributed by atoms with Crippen LogP contribution in [0.5, 0.6) is 0 Å². The number of pyridine rings is 1. The molecule has 2 N–H and O–H groups in total. The lowest BCUT2D eigenvalue weighted by Gasteiger charge is -2.29. The highest BCUT2D eigenvalue weighted by molar-refractivity contribution is 7.13. The van der Waals surface area contributed by atoms with Crippen molar-refractivity contribution in [1.29, 1.82) is 0 Å². The van der Waals surface area contributed by atoms with E-state index in [0.29, 0.717) is 24.4 Å². The molecule has 1 fully saturated rings. The van der Waals surface area contributed by atoms with Crippen LogP contribution in [-0.2, 0) is 6.61 Å². The van der Waals surface area contributed by atoms with Crippen LogP contribution in [0.15, 0.2) is 17.5 Å². The minimum atomic E-state index is -2.54. The van der Waals surface area contributed by atoms with E-state index in [2.05, 4.69) is 15.3 Å². The fourth-order valence-electron chi connectivity index (χ4n) is 2.73. The minimum Gasteiger partial charge on any atom is -0.392 e. The highest BCUT2D eigenvalue weighted by Crippen LogP contribution is 2.34. The summed E-state index contributed by atoms with van der Waals surface area (Å²) in [5.74, 6) is -1.93. The van der Waals surface area contributed by atoms with Crippen LogP contribution in [-0.4, -0.2) is 27.0 Å². The number of aryl methyl sites for hydroxylation is 1. The number of rotatable bonds is 4. The number of nitrogens with one attached hydrogen (secondary N) is 1. The molecule has 7 heteroatoms. The molecular weight excluding hydrogens is 320 g/mol. The van der Waals surface area contributed by atoms with Gasteiger partial charge in [0, 0.05) is 30.0 Å². The number of aliphatic hydroxyl groups excluding tert-OH is 1. The van der Waals surface area contributed by atoms with Crippen LogP contribution in [0.4, 0.5) is 14.6 Å². The van der Waals surface area contributed by atoms with Crippen molar-refractivity contribution in [2.24, 2.45) is 0 Å². The fourth-order valence-corrected chi connectivity index (χ4v) is 3.48. The molecule has 1 aliphatic carbocycles. The first-order chi connectivity index (χ1) is 10.9. The molecule has 1 aliphatic rings. The summed E-state index contributed by atoms with van der Waals surface area (Å²) in [6.07, 6.45) is 0.652. The van der Waals surface area contributed by atoms with Crippen molar-refractivity contribution in [3.05, 3.63) is 28.8 Å². The molecule has 0 aromatic carbocycles. The van der Waals surface area contributed by atoms with Gasteiger partial charge in [-0.25, -0.2) is 18.7 Å². The first kappa shape index (κ1) is 16.3. The predicted molar refractivity (Wildman–Crippen MR) is 86.8 cm³/mol. The van der Waals surface area contributed by atoms with E-state index in [-0.39, 0.29) is 25.5 Å². The predicted octanol–water partition coefficient (Wildman–Crippen LogP) is 4.00. The van der Waals surface area contributed by atoms with Gasteiger partial charge in [0.15, 0.2) is 0 Å². The lowest BCUT2D eigenvalue weighted by Crippen LogP contribution is -2.32. The van der Waals surface area contributed by atoms with Crippen molar-refractivity contribution in [3.8, 4) is 10.7 Å². The van der Waals surface area contributed by atoms with Crippen LogP contribution in [0.1, 0.15) is 36.9 Å². The van der Waals surface area contributed by atoms with Gasteiger partial charge in [0.2, 0.25) is 5.92 Å². The molecule has 23 heavy (non-hydrogen) atoms. The standard InChI is InChI=1S/C16H19F2N3OS/c1-10-9-23-15(19-10)13-6-11(8-22)7-14(21-13)20-12-2-4-16(17,18)5-3-12/h6-7,9,12,22H,2-5,8H2,1H3,(H,20,21). The van der Waals surface area contributed by atoms with Crippen LogP contribution in [0.2, 0.25) is 0 Å². The molecule has 0 amide bonds. The summed E-state index contributed by atoms with van der Waals surface area (Å²) >= 11 is 1.49. The normalized spacial score (nSPS) is 18.1. The van der Waals surface area contributed by atoms with E-state index in [1.165, 1.54) is 11.3 Å². The van der Waals surface area contributed by atoms with Gasteiger partial charge in [0.1, 0.15) is 16.5 Å². The first-order valence-corrected chi connectivity index (χ1v) is 8.52. The zero-order chi connectivity index (χ0) is 16.4. The average molecular weight is 339 g/mol. The number of hydrogen-bond donors (Lipinski definition) is 2. The molecule has 0 radical (unpaired) electrons. The summed E-state index contributed by atoms with van der Waals surface area (Å²) in [7, 11) is 0. The molecule has 4 nitrogen and oxygen atoms in total. The van der Waals surface area contributed by atoms with Crippen LogP contribution < -0.4 is 5.32 Å². The van der Waals surface area contributed by atoms with E-state index >= 15 is 0 Å². The highest BCUT2D eigenvalue weighted by Gasteiger charge is 2.34. The number of nitrogens with zero attached hydrogens (tertiary/aromatic N) is 2. The van der Waals surface area contributed by atoms with Gasteiger partial charge < -0.3 is 10.4 Å². The Kier molecular flexibility index (Phi) is 4.59. The third-order valence-electron chi connectivity index (χ3n) is 3.97. The smallest absolute Gasteiger partial charge is 0.248 e. The van der Waals surface area contributed by atoms with E-state index in [0.717, 1.165) is 16.3 Å². The number of alkyl halides is 2. The number of thiazole rings is 1. The summed E-state index contributed by atoms with van der Waals surface area (Å²) in [5.41, 5.74) is 2.34. The van der Waals surface area contributed by atoms with Gasteiger partial charge in [-0.2, -0.15) is 0 Å². The maximum absolute atomic E-state index is 13.2. The third-order valence-corrected chi connectivity index (χ3v) is 4.96. The van der Waals surface area contributed by atoms with Gasteiger partial charge in [-0.15, -0.1) is 11.3 Å². The average Bonchev–Trinajstić information content (AvgIpc) is 2.96. The molecule has 2 aromatic heterocycles. The highest BCUT2D eigenvalue weighted by atomic mass is 32.1. The molecule has 3 rings (SSSR count). The zero-order valence-electron chi connectivity index (χ0n) is 12.9. The number of halogens is 2. The Balaban J connectivity index is 1.79. The molecule has 2 aromatic rings. The van der Waals surface area contributed by atoms with Crippen molar-refractivity contribution in [3.63, 3.8) is 0 Å². The maximum atomic E-state index is 13.2. The van der Waals surface area contributed by atoms with Gasteiger partial charge in [-0.05, 0) is 37.5 Å². The largest absolute Gasteiger partial charge is 0.392 e. The first-order valence-electron chi connectivity index (χ1n) is 7.64. The topological polar surface area (TPSA) is 58.0 Å². The van der Waals surface area contributed by atoms with Crippen molar-refractivity contribution in [2.75, 3.05) is 5.32 Å². The maximum Gasteiger partial charge on any atom is 0.248 e. The number of hydrogen-bond acceptors (Lipinski definition) is 5. The number of aliphatic hydroxyl groups is 1. The van der Waals surface area contributed by atoms with Gasteiger partial charge in [-0.1, -0.05) is 0 Å². The second kappa shape index (κ2) is 6.49. The Hall–Kier alpha value is -1.60. The summed E-state index contributed by atoms with van der Waals surface area (Å²) in [6, 6.07) is 3.55. The molecule has 0 unspecified atom stereocenters. The molecule has 0 saturated heterocycles. The third kappa shape index (κ3) is 4.03. The SMILES string of the molecule is Cc1csc(-c2cc(CO)cc(NC3CCC(F)(F)CC3)n2)n1. The summed E-state index contributed by atoms with van der Waals surface area (Å²) in [4.78, 5) is 8.94. The summed E-state index contributed by atoms with van der Waals surface area (Å²) in [6.45, 7) is 1.81. The molecule has 2 heterocycles. The minimum absolute atomic E-state index is 0.0121. The summed E-state index contributed by atoms with van der Waals surface area (Å²) in [5, 5.41) is 15.4. The van der Waals surface area contributed by atoms with Crippen LogP contribution >= 0.6 is 11.3 Å². The second-order valence-corrected chi connectivity index (χ2v) is 6.83. The van der Waals surface area contributed by atoms with Crippen molar-refractivity contribution in [1.82, 2.24) is 9.97 Å². The lowest BCUT2D eigenvalue weighted by molar-refractivity contribution is -0.0361. The summed E-state index contributed by atoms with van der Waals surface area (Å²) < 4.78 is 26.5. The Morgan fingerprint density at radius 2 is 2.04 bits per heavy atom. The van der Waals surface area contributed by atoms with Gasteiger partial charge >= 0.3 is 0 Å². The number of aromatic nitrogens is 2. The number of anilines is 1. The Morgan fingerprint density at radius 3 is 2.65 bits per heavy atom. The molecule has 1 saturated carbocycles. The molecule has 0 atom stereocenters. The fraction of sp³-hybridized carbons (Fsp3) is 0.500. The van der Waals surface area contributed by atoms with Crippen LogP contribution in [0.25, 0.3) is 10.7 Å². The Morgan fingerprint density at radius 1 is 1.30 bits per heavy atom. The Bertz CT molecular complexity index is 680.